The lowest BCUT2D eigenvalue weighted by Crippen LogP contribution is -2.49. The number of ether oxygens (including phenoxy) is 1. The zero-order valence-electron chi connectivity index (χ0n) is 14.4. The molecule has 1 N–H and O–H groups in total. The molecule has 3 heterocycles. The van der Waals surface area contributed by atoms with Gasteiger partial charge in [-0.05, 0) is 26.2 Å². The van der Waals surface area contributed by atoms with Gasteiger partial charge in [0.15, 0.2) is 5.69 Å². The van der Waals surface area contributed by atoms with E-state index in [1.165, 1.54) is 0 Å². The van der Waals surface area contributed by atoms with Gasteiger partial charge in [0, 0.05) is 49.7 Å². The summed E-state index contributed by atoms with van der Waals surface area (Å²) in [5, 5.41) is 7.27. The van der Waals surface area contributed by atoms with Gasteiger partial charge in [-0.3, -0.25) is 9.89 Å². The van der Waals surface area contributed by atoms with E-state index in [1.54, 1.807) is 12.3 Å². The maximum atomic E-state index is 12.8. The Labute approximate surface area is 146 Å². The highest BCUT2D eigenvalue weighted by Crippen LogP contribution is 2.24. The SMILES string of the molecule is CCOc1ccnc(N2CCN(C(=O)c3n[nH]c4c3CCC4)CC2)n1. The predicted molar refractivity (Wildman–Crippen MR) is 91.9 cm³/mol. The summed E-state index contributed by atoms with van der Waals surface area (Å²) in [6.07, 6.45) is 4.75. The minimum atomic E-state index is 0.0306. The highest BCUT2D eigenvalue weighted by Gasteiger charge is 2.29. The molecule has 1 amide bonds. The van der Waals surface area contributed by atoms with E-state index >= 15 is 0 Å². The van der Waals surface area contributed by atoms with Crippen LogP contribution in [0.5, 0.6) is 5.88 Å². The molecule has 2 aromatic rings. The predicted octanol–water partition coefficient (Wildman–Crippen LogP) is 1.05. The van der Waals surface area contributed by atoms with Crippen LogP contribution < -0.4 is 9.64 Å². The van der Waals surface area contributed by atoms with Crippen LogP contribution in [-0.2, 0) is 12.8 Å². The highest BCUT2D eigenvalue weighted by molar-refractivity contribution is 5.94. The number of nitrogens with one attached hydrogen (secondary N) is 1. The number of hydrogen-bond donors (Lipinski definition) is 1. The number of nitrogens with zero attached hydrogens (tertiary/aromatic N) is 5. The van der Waals surface area contributed by atoms with Gasteiger partial charge in [0.1, 0.15) is 0 Å². The van der Waals surface area contributed by atoms with Crippen molar-refractivity contribution in [2.24, 2.45) is 0 Å². The standard InChI is InChI=1S/C17H22N6O2/c1-2-25-14-6-7-18-17(19-14)23-10-8-22(9-11-23)16(24)15-12-4-3-5-13(12)20-21-15/h6-7H,2-5,8-11H2,1H3,(H,20,21). The third-order valence-corrected chi connectivity index (χ3v) is 4.77. The topological polar surface area (TPSA) is 87.2 Å². The number of H-pyrrole nitrogens is 1. The molecule has 0 atom stereocenters. The number of amides is 1. The minimum Gasteiger partial charge on any atom is -0.478 e. The number of piperazine rings is 1. The monoisotopic (exact) mass is 342 g/mol. The van der Waals surface area contributed by atoms with Gasteiger partial charge in [0.05, 0.1) is 6.61 Å². The van der Waals surface area contributed by atoms with Crippen molar-refractivity contribution in [2.75, 3.05) is 37.7 Å². The van der Waals surface area contributed by atoms with Crippen LogP contribution in [-0.4, -0.2) is 63.8 Å². The molecule has 1 aliphatic heterocycles. The number of carbonyl (C=O) groups excluding carboxylic acids is 1. The Morgan fingerprint density at radius 2 is 2.12 bits per heavy atom. The summed E-state index contributed by atoms with van der Waals surface area (Å²) >= 11 is 0. The zero-order chi connectivity index (χ0) is 17.2. The first-order chi connectivity index (χ1) is 12.3. The van der Waals surface area contributed by atoms with Crippen LogP contribution in [0, 0.1) is 0 Å². The number of aromatic nitrogens is 4. The maximum Gasteiger partial charge on any atom is 0.274 e. The van der Waals surface area contributed by atoms with Crippen molar-refractivity contribution in [1.29, 1.82) is 0 Å². The average molecular weight is 342 g/mol. The van der Waals surface area contributed by atoms with Gasteiger partial charge in [-0.25, -0.2) is 4.98 Å². The largest absolute Gasteiger partial charge is 0.478 e. The van der Waals surface area contributed by atoms with Crippen molar-refractivity contribution < 1.29 is 9.53 Å². The molecule has 0 spiro atoms. The van der Waals surface area contributed by atoms with Crippen LogP contribution in [0.3, 0.4) is 0 Å². The summed E-state index contributed by atoms with van der Waals surface area (Å²) in [6, 6.07) is 1.75. The summed E-state index contributed by atoms with van der Waals surface area (Å²) in [7, 11) is 0. The first-order valence-electron chi connectivity index (χ1n) is 8.82. The molecule has 0 aromatic carbocycles. The van der Waals surface area contributed by atoms with Gasteiger partial charge in [-0.15, -0.1) is 0 Å². The molecule has 25 heavy (non-hydrogen) atoms. The number of aryl methyl sites for hydroxylation is 1. The molecule has 2 aromatic heterocycles. The molecule has 1 fully saturated rings. The number of hydrogen-bond acceptors (Lipinski definition) is 6. The fourth-order valence-corrected chi connectivity index (χ4v) is 3.47. The molecule has 2 aliphatic rings. The Morgan fingerprint density at radius 1 is 1.28 bits per heavy atom. The van der Waals surface area contributed by atoms with Crippen molar-refractivity contribution >= 4 is 11.9 Å². The molecule has 0 unspecified atom stereocenters. The van der Waals surface area contributed by atoms with Crippen molar-refractivity contribution in [1.82, 2.24) is 25.1 Å². The van der Waals surface area contributed by atoms with Crippen LogP contribution in [0.2, 0.25) is 0 Å². The lowest BCUT2D eigenvalue weighted by atomic mass is 10.1. The summed E-state index contributed by atoms with van der Waals surface area (Å²) < 4.78 is 5.43. The Bertz CT molecular complexity index is 766. The lowest BCUT2D eigenvalue weighted by Gasteiger charge is -2.34. The Hall–Kier alpha value is -2.64. The maximum absolute atomic E-state index is 12.8. The average Bonchev–Trinajstić information content (AvgIpc) is 3.25. The molecule has 8 heteroatoms. The summed E-state index contributed by atoms with van der Waals surface area (Å²) in [6.45, 7) is 5.19. The van der Waals surface area contributed by atoms with Gasteiger partial charge in [-0.1, -0.05) is 0 Å². The lowest BCUT2D eigenvalue weighted by molar-refractivity contribution is 0.0739. The number of fused-ring (bicyclic) bond motifs is 1. The third kappa shape index (κ3) is 3.04. The van der Waals surface area contributed by atoms with E-state index in [1.807, 2.05) is 11.8 Å². The minimum absolute atomic E-state index is 0.0306. The Morgan fingerprint density at radius 3 is 2.92 bits per heavy atom. The van der Waals surface area contributed by atoms with E-state index < -0.39 is 0 Å². The summed E-state index contributed by atoms with van der Waals surface area (Å²) in [5.74, 6) is 1.26. The second kappa shape index (κ2) is 6.70. The third-order valence-electron chi connectivity index (χ3n) is 4.77. The van der Waals surface area contributed by atoms with E-state index in [9.17, 15) is 4.79 Å². The quantitative estimate of drug-likeness (QED) is 0.894. The van der Waals surface area contributed by atoms with Crippen LogP contribution in [0.1, 0.15) is 35.1 Å². The number of rotatable bonds is 4. The van der Waals surface area contributed by atoms with E-state index in [-0.39, 0.29) is 5.91 Å². The van der Waals surface area contributed by atoms with Gasteiger partial charge < -0.3 is 14.5 Å². The van der Waals surface area contributed by atoms with Gasteiger partial charge >= 0.3 is 0 Å². The number of anilines is 1. The molecule has 132 valence electrons. The molecular formula is C17H22N6O2. The smallest absolute Gasteiger partial charge is 0.274 e. The van der Waals surface area contributed by atoms with E-state index in [2.05, 4.69) is 25.1 Å². The van der Waals surface area contributed by atoms with Crippen LogP contribution >= 0.6 is 0 Å². The van der Waals surface area contributed by atoms with Crippen LogP contribution in [0.25, 0.3) is 0 Å². The molecule has 0 bridgehead atoms. The van der Waals surface area contributed by atoms with E-state index in [4.69, 9.17) is 4.74 Å². The second-order valence-corrected chi connectivity index (χ2v) is 6.29. The van der Waals surface area contributed by atoms with Crippen LogP contribution in [0.15, 0.2) is 12.3 Å². The molecule has 0 saturated carbocycles. The van der Waals surface area contributed by atoms with E-state index in [0.29, 0.717) is 50.3 Å². The molecule has 8 nitrogen and oxygen atoms in total. The van der Waals surface area contributed by atoms with Gasteiger partial charge in [0.2, 0.25) is 11.8 Å². The molecule has 4 rings (SSSR count). The molecule has 1 aliphatic carbocycles. The van der Waals surface area contributed by atoms with Gasteiger partial charge in [0.25, 0.3) is 5.91 Å². The first-order valence-corrected chi connectivity index (χ1v) is 8.82. The summed E-state index contributed by atoms with van der Waals surface area (Å²) in [4.78, 5) is 25.5. The van der Waals surface area contributed by atoms with Crippen molar-refractivity contribution in [2.45, 2.75) is 26.2 Å². The molecule has 0 radical (unpaired) electrons. The first kappa shape index (κ1) is 15.9. The van der Waals surface area contributed by atoms with Crippen LogP contribution in [0.4, 0.5) is 5.95 Å². The highest BCUT2D eigenvalue weighted by atomic mass is 16.5. The fraction of sp³-hybridized carbons (Fsp3) is 0.529. The van der Waals surface area contributed by atoms with Crippen molar-refractivity contribution in [3.8, 4) is 5.88 Å². The molecule has 1 saturated heterocycles. The second-order valence-electron chi connectivity index (χ2n) is 6.29. The van der Waals surface area contributed by atoms with Crippen molar-refractivity contribution in [3.05, 3.63) is 29.2 Å². The van der Waals surface area contributed by atoms with Crippen molar-refractivity contribution in [3.63, 3.8) is 0 Å². The number of aromatic amines is 1. The zero-order valence-corrected chi connectivity index (χ0v) is 14.4. The number of carbonyl (C=O) groups is 1. The van der Waals surface area contributed by atoms with Gasteiger partial charge in [-0.2, -0.15) is 10.1 Å². The summed E-state index contributed by atoms with van der Waals surface area (Å²) in [5.41, 5.74) is 2.85. The Kier molecular flexibility index (Phi) is 4.25. The molecular weight excluding hydrogens is 320 g/mol. The fourth-order valence-electron chi connectivity index (χ4n) is 3.47. The normalized spacial score (nSPS) is 16.8. The Balaban J connectivity index is 1.41. The van der Waals surface area contributed by atoms with E-state index in [0.717, 1.165) is 30.5 Å².